The minimum atomic E-state index is -0.0225. The van der Waals surface area contributed by atoms with Gasteiger partial charge in [0.2, 0.25) is 0 Å². The molecule has 1 fully saturated rings. The van der Waals surface area contributed by atoms with Crippen LogP contribution in [0.15, 0.2) is 30.5 Å². The Balaban J connectivity index is 1.54. The Labute approximate surface area is 134 Å². The molecule has 0 unspecified atom stereocenters. The molecule has 1 saturated heterocycles. The lowest BCUT2D eigenvalue weighted by atomic mass is 10.1. The van der Waals surface area contributed by atoms with Crippen LogP contribution in [0.1, 0.15) is 23.9 Å². The summed E-state index contributed by atoms with van der Waals surface area (Å²) in [6.45, 7) is 3.40. The molecule has 1 N–H and O–H groups in total. The summed E-state index contributed by atoms with van der Waals surface area (Å²) in [5, 5.41) is 0.514. The number of para-hydroxylation sites is 1. The molecule has 6 heteroatoms. The van der Waals surface area contributed by atoms with Gasteiger partial charge in [-0.2, -0.15) is 0 Å². The summed E-state index contributed by atoms with van der Waals surface area (Å²) < 4.78 is 5.51. The van der Waals surface area contributed by atoms with Crippen LogP contribution in [0.4, 0.5) is 0 Å². The van der Waals surface area contributed by atoms with Crippen LogP contribution in [-0.2, 0) is 4.79 Å². The molecule has 2 heterocycles. The highest BCUT2D eigenvalue weighted by Crippen LogP contribution is 2.26. The largest absolute Gasteiger partial charge is 0.482 e. The second-order valence-corrected chi connectivity index (χ2v) is 5.90. The first-order valence-electron chi connectivity index (χ1n) is 7.30. The van der Waals surface area contributed by atoms with E-state index in [9.17, 15) is 4.79 Å². The Hall–Kier alpha value is -2.01. The van der Waals surface area contributed by atoms with Crippen molar-refractivity contribution in [1.82, 2.24) is 14.9 Å². The molecule has 1 aliphatic heterocycles. The predicted octanol–water partition coefficient (Wildman–Crippen LogP) is 2.77. The van der Waals surface area contributed by atoms with Gasteiger partial charge in [-0.1, -0.05) is 23.7 Å². The number of nitrogens with one attached hydrogen (secondary N) is 1. The van der Waals surface area contributed by atoms with Crippen LogP contribution in [-0.4, -0.2) is 40.5 Å². The third-order valence-corrected chi connectivity index (χ3v) is 4.15. The number of H-pyrrole nitrogens is 1. The maximum Gasteiger partial charge on any atom is 0.260 e. The number of carbonyl (C=O) groups excluding carboxylic acids is 1. The van der Waals surface area contributed by atoms with Crippen molar-refractivity contribution in [3.05, 3.63) is 47.0 Å². The third-order valence-electron chi connectivity index (χ3n) is 3.84. The van der Waals surface area contributed by atoms with Gasteiger partial charge in [0.05, 0.1) is 5.02 Å². The first kappa shape index (κ1) is 14.9. The van der Waals surface area contributed by atoms with Gasteiger partial charge in [-0.25, -0.2) is 4.98 Å². The van der Waals surface area contributed by atoms with E-state index in [0.29, 0.717) is 17.3 Å². The van der Waals surface area contributed by atoms with E-state index < -0.39 is 0 Å². The van der Waals surface area contributed by atoms with Gasteiger partial charge < -0.3 is 14.6 Å². The van der Waals surface area contributed by atoms with E-state index in [0.717, 1.165) is 24.5 Å². The molecule has 0 saturated carbocycles. The van der Waals surface area contributed by atoms with E-state index >= 15 is 0 Å². The number of aryl methyl sites for hydroxylation is 1. The average molecular weight is 320 g/mol. The van der Waals surface area contributed by atoms with Gasteiger partial charge >= 0.3 is 0 Å². The summed E-state index contributed by atoms with van der Waals surface area (Å²) in [6.07, 6.45) is 2.74. The molecule has 22 heavy (non-hydrogen) atoms. The van der Waals surface area contributed by atoms with Crippen LogP contribution in [0.25, 0.3) is 0 Å². The minimum Gasteiger partial charge on any atom is -0.482 e. The summed E-state index contributed by atoms with van der Waals surface area (Å²) in [5.74, 6) is 1.75. The van der Waals surface area contributed by atoms with Crippen molar-refractivity contribution in [2.24, 2.45) is 0 Å². The topological polar surface area (TPSA) is 58.2 Å². The van der Waals surface area contributed by atoms with Crippen molar-refractivity contribution in [3.8, 4) is 5.75 Å². The van der Waals surface area contributed by atoms with Crippen molar-refractivity contribution in [2.75, 3.05) is 19.7 Å². The van der Waals surface area contributed by atoms with E-state index in [1.165, 1.54) is 0 Å². The normalized spacial score (nSPS) is 17.7. The number of hydrogen-bond donors (Lipinski definition) is 1. The Morgan fingerprint density at radius 1 is 1.50 bits per heavy atom. The summed E-state index contributed by atoms with van der Waals surface area (Å²) in [7, 11) is 0. The van der Waals surface area contributed by atoms with Gasteiger partial charge in [0.15, 0.2) is 6.61 Å². The Morgan fingerprint density at radius 2 is 2.32 bits per heavy atom. The highest BCUT2D eigenvalue weighted by Gasteiger charge is 2.29. The standard InChI is InChI=1S/C16H18ClN3O2/c1-11-8-18-16(19-11)12-6-7-20(9-12)15(21)10-22-14-5-3-2-4-13(14)17/h2-5,8,12H,6-7,9-10H2,1H3,(H,18,19)/t12-/m0/s1. The molecule has 5 nitrogen and oxygen atoms in total. The SMILES string of the molecule is Cc1cnc([C@H]2CCN(C(=O)COc3ccccc3Cl)C2)[nH]1. The van der Waals surface area contributed by atoms with Gasteiger partial charge in [-0.05, 0) is 25.5 Å². The molecular formula is C16H18ClN3O2. The maximum atomic E-state index is 12.2. The lowest BCUT2D eigenvalue weighted by Gasteiger charge is -2.16. The molecule has 2 aromatic rings. The molecule has 0 bridgehead atoms. The molecule has 1 aromatic heterocycles. The van der Waals surface area contributed by atoms with Crippen LogP contribution >= 0.6 is 11.6 Å². The second-order valence-electron chi connectivity index (χ2n) is 5.50. The van der Waals surface area contributed by atoms with Gasteiger partial charge in [-0.15, -0.1) is 0 Å². The van der Waals surface area contributed by atoms with E-state index in [4.69, 9.17) is 16.3 Å². The number of imidazole rings is 1. The molecular weight excluding hydrogens is 302 g/mol. The molecule has 0 spiro atoms. The number of halogens is 1. The summed E-state index contributed by atoms with van der Waals surface area (Å²) in [5.41, 5.74) is 1.04. The molecule has 0 aliphatic carbocycles. The van der Waals surface area contributed by atoms with Gasteiger partial charge in [0.1, 0.15) is 11.6 Å². The zero-order chi connectivity index (χ0) is 15.5. The minimum absolute atomic E-state index is 0.00758. The first-order chi connectivity index (χ1) is 10.6. The first-order valence-corrected chi connectivity index (χ1v) is 7.68. The lowest BCUT2D eigenvalue weighted by molar-refractivity contribution is -0.132. The molecule has 1 aliphatic rings. The smallest absolute Gasteiger partial charge is 0.260 e. The van der Waals surface area contributed by atoms with E-state index in [-0.39, 0.29) is 18.4 Å². The number of aromatic amines is 1. The fourth-order valence-corrected chi connectivity index (χ4v) is 2.83. The van der Waals surface area contributed by atoms with Crippen LogP contribution in [0.3, 0.4) is 0 Å². The monoisotopic (exact) mass is 319 g/mol. The van der Waals surface area contributed by atoms with E-state index in [2.05, 4.69) is 9.97 Å². The molecule has 1 atom stereocenters. The van der Waals surface area contributed by atoms with Crippen molar-refractivity contribution in [1.29, 1.82) is 0 Å². The number of likely N-dealkylation sites (tertiary alicyclic amines) is 1. The Morgan fingerprint density at radius 3 is 3.05 bits per heavy atom. The zero-order valence-electron chi connectivity index (χ0n) is 12.4. The Bertz CT molecular complexity index is 671. The molecule has 1 aromatic carbocycles. The predicted molar refractivity (Wildman–Crippen MR) is 84.2 cm³/mol. The number of nitrogens with zero attached hydrogens (tertiary/aromatic N) is 2. The van der Waals surface area contributed by atoms with Crippen LogP contribution in [0.2, 0.25) is 5.02 Å². The fourth-order valence-electron chi connectivity index (χ4n) is 2.64. The number of carbonyl (C=O) groups is 1. The van der Waals surface area contributed by atoms with E-state index in [1.54, 1.807) is 12.1 Å². The van der Waals surface area contributed by atoms with Crippen molar-refractivity contribution in [2.45, 2.75) is 19.3 Å². The number of amides is 1. The highest BCUT2D eigenvalue weighted by molar-refractivity contribution is 6.32. The molecule has 116 valence electrons. The fraction of sp³-hybridized carbons (Fsp3) is 0.375. The second kappa shape index (κ2) is 6.40. The number of hydrogen-bond acceptors (Lipinski definition) is 3. The number of rotatable bonds is 4. The molecule has 1 amide bonds. The average Bonchev–Trinajstić information content (AvgIpc) is 3.15. The summed E-state index contributed by atoms with van der Waals surface area (Å²) in [4.78, 5) is 21.7. The summed E-state index contributed by atoms with van der Waals surface area (Å²) >= 11 is 6.01. The van der Waals surface area contributed by atoms with Crippen molar-refractivity contribution in [3.63, 3.8) is 0 Å². The van der Waals surface area contributed by atoms with Gasteiger partial charge in [0, 0.05) is 30.9 Å². The van der Waals surface area contributed by atoms with Gasteiger partial charge in [0.25, 0.3) is 5.91 Å². The number of benzene rings is 1. The lowest BCUT2D eigenvalue weighted by Crippen LogP contribution is -2.33. The van der Waals surface area contributed by atoms with Crippen LogP contribution in [0, 0.1) is 6.92 Å². The Kier molecular flexibility index (Phi) is 4.34. The molecule has 3 rings (SSSR count). The van der Waals surface area contributed by atoms with Crippen LogP contribution in [0.5, 0.6) is 5.75 Å². The van der Waals surface area contributed by atoms with Crippen molar-refractivity contribution >= 4 is 17.5 Å². The van der Waals surface area contributed by atoms with Gasteiger partial charge in [-0.3, -0.25) is 4.79 Å². The maximum absolute atomic E-state index is 12.2. The quantitative estimate of drug-likeness (QED) is 0.942. The molecule has 0 radical (unpaired) electrons. The summed E-state index contributed by atoms with van der Waals surface area (Å²) in [6, 6.07) is 7.16. The zero-order valence-corrected chi connectivity index (χ0v) is 13.1. The number of aromatic nitrogens is 2. The highest BCUT2D eigenvalue weighted by atomic mass is 35.5. The third kappa shape index (κ3) is 3.25. The van der Waals surface area contributed by atoms with Crippen molar-refractivity contribution < 1.29 is 9.53 Å². The van der Waals surface area contributed by atoms with Crippen LogP contribution < -0.4 is 4.74 Å². The number of ether oxygens (including phenoxy) is 1. The van der Waals surface area contributed by atoms with E-state index in [1.807, 2.05) is 30.2 Å².